The van der Waals surface area contributed by atoms with Crippen LogP contribution >= 0.6 is 15.9 Å². The SMILES string of the molecule is CCN(C(=O)C1CCN(C(=O)c2ccc(Br)cc2)CC1)c1ccccc1C. The van der Waals surface area contributed by atoms with Gasteiger partial charge in [0.2, 0.25) is 5.91 Å². The summed E-state index contributed by atoms with van der Waals surface area (Å²) < 4.78 is 0.958. The Morgan fingerprint density at radius 3 is 2.30 bits per heavy atom. The Morgan fingerprint density at radius 2 is 1.70 bits per heavy atom. The summed E-state index contributed by atoms with van der Waals surface area (Å²) >= 11 is 3.39. The topological polar surface area (TPSA) is 40.6 Å². The Morgan fingerprint density at radius 1 is 1.07 bits per heavy atom. The lowest BCUT2D eigenvalue weighted by Crippen LogP contribution is -2.44. The van der Waals surface area contributed by atoms with E-state index >= 15 is 0 Å². The van der Waals surface area contributed by atoms with Gasteiger partial charge in [-0.15, -0.1) is 0 Å². The molecule has 0 unspecified atom stereocenters. The van der Waals surface area contributed by atoms with Crippen molar-refractivity contribution in [3.8, 4) is 0 Å². The highest BCUT2D eigenvalue weighted by Gasteiger charge is 2.31. The number of para-hydroxylation sites is 1. The van der Waals surface area contributed by atoms with Gasteiger partial charge < -0.3 is 9.80 Å². The van der Waals surface area contributed by atoms with Crippen LogP contribution in [0.2, 0.25) is 0 Å². The number of benzene rings is 2. The summed E-state index contributed by atoms with van der Waals surface area (Å²) in [6, 6.07) is 15.4. The van der Waals surface area contributed by atoms with Crippen LogP contribution in [0.25, 0.3) is 0 Å². The zero-order valence-electron chi connectivity index (χ0n) is 15.8. The summed E-state index contributed by atoms with van der Waals surface area (Å²) in [4.78, 5) is 29.5. The second-order valence-corrected chi connectivity index (χ2v) is 7.86. The molecular weight excluding hydrogens is 404 g/mol. The Kier molecular flexibility index (Phi) is 6.32. The zero-order valence-corrected chi connectivity index (χ0v) is 17.4. The summed E-state index contributed by atoms with van der Waals surface area (Å²) in [6.45, 7) is 5.94. The van der Waals surface area contributed by atoms with Gasteiger partial charge in [-0.05, 0) is 62.6 Å². The third-order valence-corrected chi connectivity index (χ3v) is 5.74. The highest BCUT2D eigenvalue weighted by molar-refractivity contribution is 9.10. The number of aryl methyl sites for hydroxylation is 1. The fourth-order valence-corrected chi connectivity index (χ4v) is 3.90. The molecule has 2 amide bonds. The van der Waals surface area contributed by atoms with Gasteiger partial charge in [0.05, 0.1) is 0 Å². The lowest BCUT2D eigenvalue weighted by atomic mass is 9.94. The lowest BCUT2D eigenvalue weighted by Gasteiger charge is -2.34. The molecule has 5 heteroatoms. The van der Waals surface area contributed by atoms with Crippen LogP contribution in [-0.4, -0.2) is 36.3 Å². The van der Waals surface area contributed by atoms with Crippen molar-refractivity contribution >= 4 is 33.4 Å². The summed E-state index contributed by atoms with van der Waals surface area (Å²) in [5.74, 6) is 0.181. The van der Waals surface area contributed by atoms with Gasteiger partial charge in [0.15, 0.2) is 0 Å². The molecule has 0 atom stereocenters. The lowest BCUT2D eigenvalue weighted by molar-refractivity contribution is -0.123. The number of anilines is 1. The standard InChI is InChI=1S/C22H25BrN2O2/c1-3-25(20-7-5-4-6-16(20)2)22(27)18-12-14-24(15-13-18)21(26)17-8-10-19(23)11-9-17/h4-11,18H,3,12-15H2,1-2H3. The van der Waals surface area contributed by atoms with Crippen LogP contribution in [0.1, 0.15) is 35.7 Å². The Labute approximate surface area is 169 Å². The predicted octanol–water partition coefficient (Wildman–Crippen LogP) is 4.66. The van der Waals surface area contributed by atoms with Gasteiger partial charge in [-0.3, -0.25) is 9.59 Å². The highest BCUT2D eigenvalue weighted by Crippen LogP contribution is 2.26. The van der Waals surface area contributed by atoms with Gasteiger partial charge in [0.25, 0.3) is 5.91 Å². The zero-order chi connectivity index (χ0) is 19.4. The molecule has 27 heavy (non-hydrogen) atoms. The molecule has 0 aliphatic carbocycles. The number of halogens is 1. The maximum absolute atomic E-state index is 13.1. The molecular formula is C22H25BrN2O2. The van der Waals surface area contributed by atoms with Crippen molar-refractivity contribution in [2.24, 2.45) is 5.92 Å². The van der Waals surface area contributed by atoms with E-state index in [0.717, 1.165) is 15.7 Å². The van der Waals surface area contributed by atoms with Gasteiger partial charge in [0, 0.05) is 41.3 Å². The van der Waals surface area contributed by atoms with E-state index < -0.39 is 0 Å². The van der Waals surface area contributed by atoms with Gasteiger partial charge in [-0.1, -0.05) is 34.1 Å². The molecule has 0 radical (unpaired) electrons. The maximum atomic E-state index is 13.1. The first kappa shape index (κ1) is 19.6. The average molecular weight is 429 g/mol. The minimum Gasteiger partial charge on any atom is -0.339 e. The number of rotatable bonds is 4. The molecule has 142 valence electrons. The number of hydrogen-bond acceptors (Lipinski definition) is 2. The van der Waals surface area contributed by atoms with Crippen molar-refractivity contribution in [3.63, 3.8) is 0 Å². The molecule has 2 aromatic carbocycles. The quantitative estimate of drug-likeness (QED) is 0.709. The number of nitrogens with zero attached hydrogens (tertiary/aromatic N) is 2. The summed E-state index contributed by atoms with van der Waals surface area (Å²) in [7, 11) is 0. The normalized spacial score (nSPS) is 14.9. The third-order valence-electron chi connectivity index (χ3n) is 5.21. The Bertz CT molecular complexity index is 811. The molecule has 1 aliphatic rings. The van der Waals surface area contributed by atoms with Crippen LogP contribution in [0.15, 0.2) is 53.0 Å². The van der Waals surface area contributed by atoms with Crippen molar-refractivity contribution in [1.29, 1.82) is 0 Å². The first-order chi connectivity index (χ1) is 13.0. The number of carbonyl (C=O) groups excluding carboxylic acids is 2. The molecule has 3 rings (SSSR count). The van der Waals surface area contributed by atoms with Crippen LogP contribution in [-0.2, 0) is 4.79 Å². The molecule has 0 saturated carbocycles. The smallest absolute Gasteiger partial charge is 0.253 e. The van der Waals surface area contributed by atoms with Gasteiger partial charge in [0.1, 0.15) is 0 Å². The fraction of sp³-hybridized carbons (Fsp3) is 0.364. The molecule has 0 aromatic heterocycles. The van der Waals surface area contributed by atoms with Crippen molar-refractivity contribution in [2.75, 3.05) is 24.5 Å². The van der Waals surface area contributed by atoms with Crippen molar-refractivity contribution in [2.45, 2.75) is 26.7 Å². The third kappa shape index (κ3) is 4.41. The van der Waals surface area contributed by atoms with E-state index in [9.17, 15) is 9.59 Å². The monoisotopic (exact) mass is 428 g/mol. The van der Waals surface area contributed by atoms with Crippen molar-refractivity contribution in [1.82, 2.24) is 4.90 Å². The van der Waals surface area contributed by atoms with E-state index in [1.807, 2.05) is 72.2 Å². The molecule has 1 saturated heterocycles. The van der Waals surface area contributed by atoms with E-state index in [0.29, 0.717) is 38.0 Å². The maximum Gasteiger partial charge on any atom is 0.253 e. The van der Waals surface area contributed by atoms with Gasteiger partial charge >= 0.3 is 0 Å². The van der Waals surface area contributed by atoms with E-state index in [-0.39, 0.29) is 17.7 Å². The van der Waals surface area contributed by atoms with E-state index in [4.69, 9.17) is 0 Å². The van der Waals surface area contributed by atoms with Crippen LogP contribution in [0.4, 0.5) is 5.69 Å². The number of piperidine rings is 1. The highest BCUT2D eigenvalue weighted by atomic mass is 79.9. The van der Waals surface area contributed by atoms with E-state index in [2.05, 4.69) is 15.9 Å². The number of hydrogen-bond donors (Lipinski definition) is 0. The van der Waals surface area contributed by atoms with Gasteiger partial charge in [-0.2, -0.15) is 0 Å². The Balaban J connectivity index is 1.64. The molecule has 1 heterocycles. The van der Waals surface area contributed by atoms with Crippen molar-refractivity contribution in [3.05, 3.63) is 64.1 Å². The first-order valence-electron chi connectivity index (χ1n) is 9.43. The summed E-state index contributed by atoms with van der Waals surface area (Å²) in [5, 5.41) is 0. The minimum absolute atomic E-state index is 0.0291. The van der Waals surface area contributed by atoms with Crippen LogP contribution < -0.4 is 4.90 Å². The minimum atomic E-state index is -0.0291. The second kappa shape index (κ2) is 8.70. The van der Waals surface area contributed by atoms with Crippen LogP contribution in [0.5, 0.6) is 0 Å². The number of amides is 2. The molecule has 0 spiro atoms. The predicted molar refractivity (Wildman–Crippen MR) is 112 cm³/mol. The van der Waals surface area contributed by atoms with Crippen molar-refractivity contribution < 1.29 is 9.59 Å². The fourth-order valence-electron chi connectivity index (χ4n) is 3.64. The second-order valence-electron chi connectivity index (χ2n) is 6.94. The molecule has 4 nitrogen and oxygen atoms in total. The number of likely N-dealkylation sites (tertiary alicyclic amines) is 1. The molecule has 1 aliphatic heterocycles. The largest absolute Gasteiger partial charge is 0.339 e. The molecule has 0 bridgehead atoms. The average Bonchev–Trinajstić information content (AvgIpc) is 2.70. The van der Waals surface area contributed by atoms with Gasteiger partial charge in [-0.25, -0.2) is 0 Å². The van der Waals surface area contributed by atoms with Crippen LogP contribution in [0.3, 0.4) is 0 Å². The Hall–Kier alpha value is -2.14. The van der Waals surface area contributed by atoms with E-state index in [1.165, 1.54) is 0 Å². The summed E-state index contributed by atoms with van der Waals surface area (Å²) in [5.41, 5.74) is 2.78. The summed E-state index contributed by atoms with van der Waals surface area (Å²) in [6.07, 6.45) is 1.42. The molecule has 0 N–H and O–H groups in total. The first-order valence-corrected chi connectivity index (χ1v) is 10.2. The molecule has 2 aromatic rings. The molecule has 1 fully saturated rings. The number of carbonyl (C=O) groups is 2. The van der Waals surface area contributed by atoms with Crippen LogP contribution in [0, 0.1) is 12.8 Å². The van der Waals surface area contributed by atoms with E-state index in [1.54, 1.807) is 0 Å².